The lowest BCUT2D eigenvalue weighted by molar-refractivity contribution is -0.137. The van der Waals surface area contributed by atoms with E-state index >= 15 is 0 Å². The highest BCUT2D eigenvalue weighted by Gasteiger charge is 2.32. The molecule has 110 valence electrons. The Kier molecular flexibility index (Phi) is 3.85. The van der Waals surface area contributed by atoms with Crippen molar-refractivity contribution >= 4 is 5.78 Å². The van der Waals surface area contributed by atoms with E-state index in [1.54, 1.807) is 13.0 Å². The first-order chi connectivity index (χ1) is 9.70. The van der Waals surface area contributed by atoms with Gasteiger partial charge in [0.05, 0.1) is 11.1 Å². The Balaban J connectivity index is 2.50. The van der Waals surface area contributed by atoms with Gasteiger partial charge in [-0.15, -0.1) is 0 Å². The Bertz CT molecular complexity index is 702. The average Bonchev–Trinajstić information content (AvgIpc) is 2.40. The minimum atomic E-state index is -4.62. The third-order valence-electron chi connectivity index (χ3n) is 3.31. The number of hydrogen-bond acceptors (Lipinski definition) is 1. The summed E-state index contributed by atoms with van der Waals surface area (Å²) in [5, 5.41) is 0. The van der Waals surface area contributed by atoms with E-state index in [1.807, 2.05) is 6.92 Å². The summed E-state index contributed by atoms with van der Waals surface area (Å²) in [7, 11) is 0. The lowest BCUT2D eigenvalue weighted by atomic mass is 9.97. The van der Waals surface area contributed by atoms with E-state index in [2.05, 4.69) is 0 Å². The molecule has 0 N–H and O–H groups in total. The number of benzene rings is 2. The van der Waals surface area contributed by atoms with Crippen LogP contribution in [0.25, 0.3) is 0 Å². The van der Waals surface area contributed by atoms with Gasteiger partial charge in [-0.2, -0.15) is 13.2 Å². The summed E-state index contributed by atoms with van der Waals surface area (Å²) in [5.41, 5.74) is 0.296. The van der Waals surface area contributed by atoms with Crippen LogP contribution in [0.4, 0.5) is 17.6 Å². The van der Waals surface area contributed by atoms with Crippen LogP contribution in [-0.2, 0) is 6.18 Å². The highest BCUT2D eigenvalue weighted by atomic mass is 19.4. The van der Waals surface area contributed by atoms with Crippen LogP contribution in [0, 0.1) is 19.7 Å². The van der Waals surface area contributed by atoms with Crippen LogP contribution in [0.15, 0.2) is 36.4 Å². The van der Waals surface area contributed by atoms with Crippen molar-refractivity contribution in [3.8, 4) is 0 Å². The molecule has 0 saturated carbocycles. The van der Waals surface area contributed by atoms with Crippen molar-refractivity contribution in [3.05, 3.63) is 70.0 Å². The molecule has 2 rings (SSSR count). The Hall–Kier alpha value is -2.17. The smallest absolute Gasteiger partial charge is 0.288 e. The van der Waals surface area contributed by atoms with Crippen LogP contribution in [0.1, 0.15) is 32.6 Å². The van der Waals surface area contributed by atoms with Crippen LogP contribution < -0.4 is 0 Å². The molecule has 0 amide bonds. The fraction of sp³-hybridized carbons (Fsp3) is 0.188. The van der Waals surface area contributed by atoms with Gasteiger partial charge in [-0.1, -0.05) is 12.1 Å². The Morgan fingerprint density at radius 1 is 0.952 bits per heavy atom. The lowest BCUT2D eigenvalue weighted by Crippen LogP contribution is -2.10. The van der Waals surface area contributed by atoms with Gasteiger partial charge >= 0.3 is 6.18 Å². The number of hydrogen-bond donors (Lipinski definition) is 0. The largest absolute Gasteiger partial charge is 0.416 e. The topological polar surface area (TPSA) is 17.1 Å². The lowest BCUT2D eigenvalue weighted by Gasteiger charge is -2.10. The minimum Gasteiger partial charge on any atom is -0.288 e. The van der Waals surface area contributed by atoms with Crippen LogP contribution in [-0.4, -0.2) is 5.78 Å². The maximum atomic E-state index is 13.7. The molecule has 0 spiro atoms. The molecular formula is C16H12F4O. The molecule has 21 heavy (non-hydrogen) atoms. The summed E-state index contributed by atoms with van der Waals surface area (Å²) >= 11 is 0. The highest BCUT2D eigenvalue weighted by Crippen LogP contribution is 2.31. The fourth-order valence-corrected chi connectivity index (χ4v) is 1.91. The van der Waals surface area contributed by atoms with E-state index < -0.39 is 28.9 Å². The molecule has 0 fully saturated rings. The van der Waals surface area contributed by atoms with Crippen LogP contribution in [0.5, 0.6) is 0 Å². The van der Waals surface area contributed by atoms with Crippen molar-refractivity contribution in [1.29, 1.82) is 0 Å². The number of alkyl halides is 3. The number of rotatable bonds is 2. The van der Waals surface area contributed by atoms with Gasteiger partial charge in [-0.05, 0) is 49.2 Å². The van der Waals surface area contributed by atoms with Crippen molar-refractivity contribution < 1.29 is 22.4 Å². The summed E-state index contributed by atoms with van der Waals surface area (Å²) < 4.78 is 51.6. The van der Waals surface area contributed by atoms with Gasteiger partial charge in [-0.3, -0.25) is 4.79 Å². The normalized spacial score (nSPS) is 11.5. The van der Waals surface area contributed by atoms with Gasteiger partial charge < -0.3 is 0 Å². The summed E-state index contributed by atoms with van der Waals surface area (Å²) in [6.45, 7) is 3.61. The molecule has 2 aromatic carbocycles. The Morgan fingerprint density at radius 3 is 2.19 bits per heavy atom. The SMILES string of the molecule is Cc1ccc(C(=O)c2cc(C(F)(F)F)ccc2F)cc1C. The number of carbonyl (C=O) groups is 1. The first-order valence-corrected chi connectivity index (χ1v) is 6.19. The maximum absolute atomic E-state index is 13.7. The summed E-state index contributed by atoms with van der Waals surface area (Å²) in [4.78, 5) is 12.2. The van der Waals surface area contributed by atoms with Gasteiger partial charge in [0.2, 0.25) is 0 Å². The molecular weight excluding hydrogens is 284 g/mol. The predicted octanol–water partition coefficient (Wildman–Crippen LogP) is 4.69. The van der Waals surface area contributed by atoms with E-state index in [-0.39, 0.29) is 5.56 Å². The molecule has 1 nitrogen and oxygen atoms in total. The molecule has 0 unspecified atom stereocenters. The zero-order chi connectivity index (χ0) is 15.8. The standard InChI is InChI=1S/C16H12F4O/c1-9-3-4-11(7-10(9)2)15(21)13-8-12(16(18,19)20)5-6-14(13)17/h3-8H,1-2H3. The van der Waals surface area contributed by atoms with Gasteiger partial charge in [0.25, 0.3) is 0 Å². The minimum absolute atomic E-state index is 0.163. The van der Waals surface area contributed by atoms with Crippen molar-refractivity contribution in [2.24, 2.45) is 0 Å². The molecule has 0 saturated heterocycles. The zero-order valence-electron chi connectivity index (χ0n) is 11.4. The molecule has 0 bridgehead atoms. The second-order valence-electron chi connectivity index (χ2n) is 4.82. The van der Waals surface area contributed by atoms with Crippen molar-refractivity contribution in [2.45, 2.75) is 20.0 Å². The van der Waals surface area contributed by atoms with Crippen molar-refractivity contribution in [3.63, 3.8) is 0 Å². The zero-order valence-corrected chi connectivity index (χ0v) is 11.4. The summed E-state index contributed by atoms with van der Waals surface area (Å²) in [6, 6.07) is 6.52. The number of aryl methyl sites for hydroxylation is 2. The van der Waals surface area contributed by atoms with Crippen LogP contribution >= 0.6 is 0 Å². The predicted molar refractivity (Wildman–Crippen MR) is 70.8 cm³/mol. The molecule has 5 heteroatoms. The summed E-state index contributed by atoms with van der Waals surface area (Å²) in [6.07, 6.45) is -4.62. The van der Waals surface area contributed by atoms with E-state index in [4.69, 9.17) is 0 Å². The van der Waals surface area contributed by atoms with Gasteiger partial charge in [-0.25, -0.2) is 4.39 Å². The monoisotopic (exact) mass is 296 g/mol. The average molecular weight is 296 g/mol. The van der Waals surface area contributed by atoms with Crippen molar-refractivity contribution in [1.82, 2.24) is 0 Å². The van der Waals surface area contributed by atoms with E-state index in [0.29, 0.717) is 18.2 Å². The van der Waals surface area contributed by atoms with Gasteiger partial charge in [0.15, 0.2) is 5.78 Å². The van der Waals surface area contributed by atoms with Gasteiger partial charge in [0, 0.05) is 5.56 Å². The molecule has 0 atom stereocenters. The summed E-state index contributed by atoms with van der Waals surface area (Å²) in [5.74, 6) is -1.73. The van der Waals surface area contributed by atoms with Crippen molar-refractivity contribution in [2.75, 3.05) is 0 Å². The first-order valence-electron chi connectivity index (χ1n) is 6.19. The second-order valence-corrected chi connectivity index (χ2v) is 4.82. The third kappa shape index (κ3) is 3.12. The number of ketones is 1. The number of halogens is 4. The van der Waals surface area contributed by atoms with E-state index in [9.17, 15) is 22.4 Å². The molecule has 0 heterocycles. The Labute approximate surface area is 119 Å². The van der Waals surface area contributed by atoms with E-state index in [0.717, 1.165) is 11.1 Å². The maximum Gasteiger partial charge on any atom is 0.416 e. The van der Waals surface area contributed by atoms with Crippen LogP contribution in [0.3, 0.4) is 0 Å². The van der Waals surface area contributed by atoms with E-state index in [1.165, 1.54) is 12.1 Å². The molecule has 0 aliphatic heterocycles. The highest BCUT2D eigenvalue weighted by molar-refractivity contribution is 6.09. The molecule has 0 radical (unpaired) electrons. The third-order valence-corrected chi connectivity index (χ3v) is 3.31. The molecule has 0 aliphatic rings. The number of carbonyl (C=O) groups excluding carboxylic acids is 1. The second kappa shape index (κ2) is 5.31. The van der Waals surface area contributed by atoms with Crippen LogP contribution in [0.2, 0.25) is 0 Å². The quantitative estimate of drug-likeness (QED) is 0.580. The first kappa shape index (κ1) is 15.2. The van der Waals surface area contributed by atoms with Gasteiger partial charge in [0.1, 0.15) is 5.82 Å². The fourth-order valence-electron chi connectivity index (χ4n) is 1.91. The molecule has 0 aliphatic carbocycles. The Morgan fingerprint density at radius 2 is 1.62 bits per heavy atom. The molecule has 2 aromatic rings. The molecule has 0 aromatic heterocycles.